The van der Waals surface area contributed by atoms with E-state index < -0.39 is 12.0 Å². The van der Waals surface area contributed by atoms with Gasteiger partial charge in [-0.2, -0.15) is 0 Å². The Bertz CT molecular complexity index is 126. The number of aliphatic hydroxyl groups excluding tert-OH is 1. The minimum absolute atomic E-state index is 0.120. The van der Waals surface area contributed by atoms with Gasteiger partial charge in [0.05, 0.1) is 0 Å². The smallest absolute Gasteiger partial charge is 0.246 e. The summed E-state index contributed by atoms with van der Waals surface area (Å²) in [5.41, 5.74) is 10.3. The summed E-state index contributed by atoms with van der Waals surface area (Å²) in [5, 5.41) is 8.92. The Labute approximate surface area is 66.6 Å². The van der Waals surface area contributed by atoms with E-state index in [4.69, 9.17) is 16.6 Å². The molecule has 0 bridgehead atoms. The molecule has 0 aliphatic heterocycles. The lowest BCUT2D eigenvalue weighted by atomic mass is 10.1. The maximum Gasteiger partial charge on any atom is 0.246 e. The highest BCUT2D eigenvalue weighted by Crippen LogP contribution is 2.01. The number of carbonyl (C=O) groups is 1. The van der Waals surface area contributed by atoms with Gasteiger partial charge in [0.1, 0.15) is 6.10 Å². The Morgan fingerprint density at radius 3 is 2.45 bits per heavy atom. The first-order valence-electron chi connectivity index (χ1n) is 3.77. The molecule has 0 fully saturated rings. The molecular formula is C7H16N2O2. The van der Waals surface area contributed by atoms with Crippen molar-refractivity contribution >= 4 is 5.91 Å². The number of rotatable bonds is 5. The Morgan fingerprint density at radius 2 is 2.09 bits per heavy atom. The number of amides is 1. The summed E-state index contributed by atoms with van der Waals surface area (Å²) in [6.45, 7) is 1.89. The van der Waals surface area contributed by atoms with Crippen molar-refractivity contribution in [1.82, 2.24) is 0 Å². The molecule has 2 atom stereocenters. The van der Waals surface area contributed by atoms with Gasteiger partial charge in [0.2, 0.25) is 5.91 Å². The van der Waals surface area contributed by atoms with Crippen molar-refractivity contribution in [3.05, 3.63) is 0 Å². The molecule has 4 nitrogen and oxygen atoms in total. The first-order chi connectivity index (χ1) is 5.04. The van der Waals surface area contributed by atoms with Crippen molar-refractivity contribution in [2.75, 3.05) is 0 Å². The van der Waals surface area contributed by atoms with E-state index in [2.05, 4.69) is 0 Å². The van der Waals surface area contributed by atoms with Gasteiger partial charge >= 0.3 is 0 Å². The van der Waals surface area contributed by atoms with E-state index in [1.54, 1.807) is 0 Å². The molecule has 4 heteroatoms. The quantitative estimate of drug-likeness (QED) is 0.499. The van der Waals surface area contributed by atoms with Crippen molar-refractivity contribution < 1.29 is 9.90 Å². The highest BCUT2D eigenvalue weighted by Gasteiger charge is 2.09. The fourth-order valence-corrected chi connectivity index (χ4v) is 0.775. The van der Waals surface area contributed by atoms with E-state index in [-0.39, 0.29) is 6.04 Å². The summed E-state index contributed by atoms with van der Waals surface area (Å²) < 4.78 is 0. The molecule has 0 aliphatic carbocycles. The largest absolute Gasteiger partial charge is 0.383 e. The van der Waals surface area contributed by atoms with Crippen LogP contribution in [0, 0.1) is 0 Å². The third-order valence-corrected chi connectivity index (χ3v) is 1.47. The minimum Gasteiger partial charge on any atom is -0.383 e. The van der Waals surface area contributed by atoms with Crippen molar-refractivity contribution in [3.8, 4) is 0 Å². The molecule has 0 radical (unpaired) electrons. The number of carbonyl (C=O) groups excluding carboxylic acids is 1. The van der Waals surface area contributed by atoms with Gasteiger partial charge in [-0.15, -0.1) is 0 Å². The second kappa shape index (κ2) is 5.09. The van der Waals surface area contributed by atoms with Crippen molar-refractivity contribution in [3.63, 3.8) is 0 Å². The summed E-state index contributed by atoms with van der Waals surface area (Å²) in [6, 6.07) is 0.120. The zero-order chi connectivity index (χ0) is 8.85. The Hall–Kier alpha value is -0.610. The highest BCUT2D eigenvalue weighted by atomic mass is 16.3. The molecule has 0 rings (SSSR count). The first-order valence-corrected chi connectivity index (χ1v) is 3.77. The van der Waals surface area contributed by atoms with Gasteiger partial charge in [0, 0.05) is 6.04 Å². The zero-order valence-electron chi connectivity index (χ0n) is 6.79. The zero-order valence-corrected chi connectivity index (χ0v) is 6.79. The molecular weight excluding hydrogens is 144 g/mol. The molecule has 0 spiro atoms. The second-order valence-electron chi connectivity index (χ2n) is 2.83. The van der Waals surface area contributed by atoms with E-state index in [0.717, 1.165) is 12.8 Å². The van der Waals surface area contributed by atoms with Gasteiger partial charge in [-0.05, 0) is 26.2 Å². The van der Waals surface area contributed by atoms with Gasteiger partial charge in [-0.3, -0.25) is 4.79 Å². The molecule has 11 heavy (non-hydrogen) atoms. The van der Waals surface area contributed by atoms with E-state index >= 15 is 0 Å². The van der Waals surface area contributed by atoms with Crippen LogP contribution in [0.2, 0.25) is 0 Å². The Morgan fingerprint density at radius 1 is 1.55 bits per heavy atom. The van der Waals surface area contributed by atoms with Crippen LogP contribution in [0.3, 0.4) is 0 Å². The van der Waals surface area contributed by atoms with Crippen molar-refractivity contribution in [2.45, 2.75) is 38.3 Å². The molecule has 0 aromatic carbocycles. The van der Waals surface area contributed by atoms with Gasteiger partial charge in [0.15, 0.2) is 0 Å². The van der Waals surface area contributed by atoms with E-state index in [1.807, 2.05) is 6.92 Å². The fraction of sp³-hybridized carbons (Fsp3) is 0.857. The molecule has 0 aliphatic rings. The molecule has 0 heterocycles. The van der Waals surface area contributed by atoms with E-state index in [9.17, 15) is 4.79 Å². The molecule has 0 aromatic rings. The first kappa shape index (κ1) is 10.4. The molecule has 5 N–H and O–H groups in total. The second-order valence-corrected chi connectivity index (χ2v) is 2.83. The predicted octanol–water partition coefficient (Wildman–Crippen LogP) is -0.650. The number of primary amides is 1. The third-order valence-electron chi connectivity index (χ3n) is 1.47. The van der Waals surface area contributed by atoms with Crippen LogP contribution in [-0.4, -0.2) is 23.2 Å². The van der Waals surface area contributed by atoms with Gasteiger partial charge in [0.25, 0.3) is 0 Å². The van der Waals surface area contributed by atoms with Crippen LogP contribution in [0.15, 0.2) is 0 Å². The molecule has 0 saturated heterocycles. The minimum atomic E-state index is -1.01. The lowest BCUT2D eigenvalue weighted by molar-refractivity contribution is -0.126. The Balaban J connectivity index is 3.31. The summed E-state index contributed by atoms with van der Waals surface area (Å²) in [5.74, 6) is -0.658. The van der Waals surface area contributed by atoms with Crippen molar-refractivity contribution in [1.29, 1.82) is 0 Å². The Kier molecular flexibility index (Phi) is 4.81. The topological polar surface area (TPSA) is 89.3 Å². The van der Waals surface area contributed by atoms with Crippen LogP contribution in [0.4, 0.5) is 0 Å². The maximum atomic E-state index is 10.3. The summed E-state index contributed by atoms with van der Waals surface area (Å²) >= 11 is 0. The lowest BCUT2D eigenvalue weighted by Gasteiger charge is -2.07. The number of hydrogen-bond acceptors (Lipinski definition) is 3. The average Bonchev–Trinajstić information content (AvgIpc) is 1.86. The SMILES string of the molecule is CC(N)CCCC(O)C(N)=O. The molecule has 1 amide bonds. The maximum absolute atomic E-state index is 10.3. The highest BCUT2D eigenvalue weighted by molar-refractivity contribution is 5.78. The van der Waals surface area contributed by atoms with Crippen LogP contribution >= 0.6 is 0 Å². The molecule has 2 unspecified atom stereocenters. The monoisotopic (exact) mass is 160 g/mol. The van der Waals surface area contributed by atoms with E-state index in [0.29, 0.717) is 6.42 Å². The van der Waals surface area contributed by atoms with Gasteiger partial charge in [-0.1, -0.05) is 0 Å². The van der Waals surface area contributed by atoms with Gasteiger partial charge in [-0.25, -0.2) is 0 Å². The molecule has 0 saturated carbocycles. The lowest BCUT2D eigenvalue weighted by Crippen LogP contribution is -2.28. The number of aliphatic hydroxyl groups is 1. The average molecular weight is 160 g/mol. The van der Waals surface area contributed by atoms with Crippen LogP contribution in [0.5, 0.6) is 0 Å². The fourth-order valence-electron chi connectivity index (χ4n) is 0.775. The number of nitrogens with two attached hydrogens (primary N) is 2. The normalized spacial score (nSPS) is 15.9. The standard InChI is InChI=1S/C7H16N2O2/c1-5(8)3-2-4-6(10)7(9)11/h5-6,10H,2-4,8H2,1H3,(H2,9,11). The van der Waals surface area contributed by atoms with Crippen LogP contribution in [0.1, 0.15) is 26.2 Å². The predicted molar refractivity (Wildman–Crippen MR) is 42.7 cm³/mol. The molecule has 66 valence electrons. The summed E-state index contributed by atoms with van der Waals surface area (Å²) in [7, 11) is 0. The third kappa shape index (κ3) is 5.82. The summed E-state index contributed by atoms with van der Waals surface area (Å²) in [6.07, 6.45) is 0.956. The summed E-state index contributed by atoms with van der Waals surface area (Å²) in [4.78, 5) is 10.3. The van der Waals surface area contributed by atoms with Crippen LogP contribution in [0.25, 0.3) is 0 Å². The van der Waals surface area contributed by atoms with Crippen LogP contribution < -0.4 is 11.5 Å². The van der Waals surface area contributed by atoms with Crippen LogP contribution in [-0.2, 0) is 4.79 Å². The van der Waals surface area contributed by atoms with Crippen molar-refractivity contribution in [2.24, 2.45) is 11.5 Å². The number of hydrogen-bond donors (Lipinski definition) is 3. The molecule has 0 aromatic heterocycles. The van der Waals surface area contributed by atoms with E-state index in [1.165, 1.54) is 0 Å². The van der Waals surface area contributed by atoms with Gasteiger partial charge < -0.3 is 16.6 Å².